The van der Waals surface area contributed by atoms with Crippen LogP contribution in [0.3, 0.4) is 0 Å². The second kappa shape index (κ2) is 8.18. The van der Waals surface area contributed by atoms with Crippen LogP contribution >= 0.6 is 11.6 Å². The fourth-order valence-corrected chi connectivity index (χ4v) is 3.61. The first-order valence-corrected chi connectivity index (χ1v) is 7.80. The maximum atomic E-state index is 11.1. The van der Waals surface area contributed by atoms with Crippen LogP contribution in [0.4, 0.5) is 0 Å². The summed E-state index contributed by atoms with van der Waals surface area (Å²) in [7, 11) is 0. The number of hydrogen-bond donors (Lipinski definition) is 2. The van der Waals surface area contributed by atoms with Crippen molar-refractivity contribution in [3.63, 3.8) is 0 Å². The van der Waals surface area contributed by atoms with Crippen molar-refractivity contribution < 1.29 is 4.79 Å². The van der Waals surface area contributed by atoms with Gasteiger partial charge in [0.25, 0.3) is 0 Å². The Hall–Kier alpha value is -1.35. The van der Waals surface area contributed by atoms with Crippen LogP contribution in [0.5, 0.6) is 0 Å². The smallest absolute Gasteiger partial charge is 0.242 e. The van der Waals surface area contributed by atoms with Gasteiger partial charge < -0.3 is 11.1 Å². The molecular weight excluding hydrogens is 284 g/mol. The summed E-state index contributed by atoms with van der Waals surface area (Å²) < 4.78 is 0. The third-order valence-corrected chi connectivity index (χ3v) is 4.38. The highest BCUT2D eigenvalue weighted by atomic mass is 35.5. The molecule has 0 aromatic heterocycles. The van der Waals surface area contributed by atoms with E-state index in [-0.39, 0.29) is 5.92 Å². The highest BCUT2D eigenvalue weighted by Crippen LogP contribution is 2.40. The molecule has 1 aliphatic rings. The van der Waals surface area contributed by atoms with E-state index in [9.17, 15) is 4.79 Å². The van der Waals surface area contributed by atoms with Crippen LogP contribution in [-0.2, 0) is 4.79 Å². The van der Waals surface area contributed by atoms with E-state index >= 15 is 0 Å². The topological polar surface area (TPSA) is 66.9 Å². The molecule has 2 unspecified atom stereocenters. The molecular formula is C17H25ClN2O. The molecule has 3 nitrogen and oxygen atoms in total. The van der Waals surface area contributed by atoms with E-state index < -0.39 is 5.91 Å². The van der Waals surface area contributed by atoms with Gasteiger partial charge in [-0.2, -0.15) is 0 Å². The first-order valence-electron chi connectivity index (χ1n) is 7.42. The van der Waals surface area contributed by atoms with Gasteiger partial charge in [0.05, 0.1) is 0 Å². The summed E-state index contributed by atoms with van der Waals surface area (Å²) >= 11 is 6.38. The lowest BCUT2D eigenvalue weighted by molar-refractivity contribution is -0.113. The molecule has 0 heterocycles. The Labute approximate surface area is 132 Å². The highest BCUT2D eigenvalue weighted by molar-refractivity contribution is 6.31. The molecule has 0 saturated carbocycles. The molecule has 1 rings (SSSR count). The average molecular weight is 309 g/mol. The first kappa shape index (κ1) is 17.7. The summed E-state index contributed by atoms with van der Waals surface area (Å²) in [4.78, 5) is 11.1. The monoisotopic (exact) mass is 308 g/mol. The summed E-state index contributed by atoms with van der Waals surface area (Å²) in [6.07, 6.45) is 8.60. The Morgan fingerprint density at radius 2 is 2.19 bits per heavy atom. The van der Waals surface area contributed by atoms with Gasteiger partial charge in [-0.25, -0.2) is 0 Å². The fourth-order valence-electron chi connectivity index (χ4n) is 3.15. The number of carbonyl (C=O) groups excluding carboxylic acids is 1. The number of allylic oxidation sites excluding steroid dienone is 5. The lowest BCUT2D eigenvalue weighted by atomic mass is 9.81. The van der Waals surface area contributed by atoms with Crippen molar-refractivity contribution in [1.29, 1.82) is 5.41 Å². The SMILES string of the molecule is CCCC1CC(C)=C(CC=N)C=C(C)C1/C(Cl)=C\C(N)=O. The summed E-state index contributed by atoms with van der Waals surface area (Å²) in [5.41, 5.74) is 8.89. The van der Waals surface area contributed by atoms with Gasteiger partial charge in [0.1, 0.15) is 0 Å². The number of hydrogen-bond acceptors (Lipinski definition) is 2. The molecule has 4 heteroatoms. The molecule has 0 bridgehead atoms. The third kappa shape index (κ3) is 4.85. The van der Waals surface area contributed by atoms with E-state index in [1.54, 1.807) is 0 Å². The third-order valence-electron chi connectivity index (χ3n) is 4.04. The number of primary amides is 1. The molecule has 2 atom stereocenters. The normalized spacial score (nSPS) is 23.6. The molecule has 0 aliphatic heterocycles. The van der Waals surface area contributed by atoms with Crippen molar-refractivity contribution in [2.75, 3.05) is 0 Å². The first-order chi connectivity index (χ1) is 9.90. The molecule has 0 aromatic rings. The van der Waals surface area contributed by atoms with Crippen molar-refractivity contribution >= 4 is 23.7 Å². The van der Waals surface area contributed by atoms with E-state index in [4.69, 9.17) is 22.7 Å². The molecule has 1 amide bonds. The van der Waals surface area contributed by atoms with Gasteiger partial charge in [-0.05, 0) is 44.4 Å². The number of halogens is 1. The van der Waals surface area contributed by atoms with E-state index in [0.29, 0.717) is 17.4 Å². The standard InChI is InChI=1S/C17H25ClN2O/c1-4-5-14-8-11(2)13(6-7-19)9-12(3)17(14)15(18)10-16(20)21/h7,9-10,14,17,19H,4-6,8H2,1-3H3,(H2,20,21)/b15-10+,19-7?. The second-order valence-corrected chi connectivity index (χ2v) is 6.20. The van der Waals surface area contributed by atoms with Gasteiger partial charge in [-0.3, -0.25) is 4.79 Å². The molecule has 0 aromatic carbocycles. The molecule has 0 fully saturated rings. The van der Waals surface area contributed by atoms with E-state index in [0.717, 1.165) is 24.8 Å². The Morgan fingerprint density at radius 3 is 2.71 bits per heavy atom. The van der Waals surface area contributed by atoms with Crippen molar-refractivity contribution in [3.05, 3.63) is 33.9 Å². The van der Waals surface area contributed by atoms with E-state index in [1.807, 2.05) is 6.92 Å². The minimum atomic E-state index is -0.503. The molecule has 3 N–H and O–H groups in total. The van der Waals surface area contributed by atoms with Crippen molar-refractivity contribution in [1.82, 2.24) is 0 Å². The molecule has 0 radical (unpaired) electrons. The largest absolute Gasteiger partial charge is 0.366 e. The van der Waals surface area contributed by atoms with Gasteiger partial charge in [0, 0.05) is 23.4 Å². The number of rotatable bonds is 6. The summed E-state index contributed by atoms with van der Waals surface area (Å²) in [6.45, 7) is 6.33. The van der Waals surface area contributed by atoms with Gasteiger partial charge in [-0.1, -0.05) is 42.2 Å². The maximum absolute atomic E-state index is 11.1. The molecule has 116 valence electrons. The number of carbonyl (C=O) groups is 1. The quantitative estimate of drug-likeness (QED) is 0.556. The molecule has 0 saturated heterocycles. The maximum Gasteiger partial charge on any atom is 0.242 e. The van der Waals surface area contributed by atoms with Crippen LogP contribution in [-0.4, -0.2) is 12.1 Å². The van der Waals surface area contributed by atoms with Crippen molar-refractivity contribution in [2.45, 2.75) is 46.5 Å². The lowest BCUT2D eigenvalue weighted by Gasteiger charge is -2.26. The number of nitrogens with one attached hydrogen (secondary N) is 1. The minimum absolute atomic E-state index is 0.0392. The summed E-state index contributed by atoms with van der Waals surface area (Å²) in [5, 5.41) is 7.86. The van der Waals surface area contributed by atoms with Gasteiger partial charge in [-0.15, -0.1) is 0 Å². The fraction of sp³-hybridized carbons (Fsp3) is 0.529. The van der Waals surface area contributed by atoms with Crippen molar-refractivity contribution in [2.24, 2.45) is 17.6 Å². The molecule has 1 aliphatic carbocycles. The zero-order valence-electron chi connectivity index (χ0n) is 13.1. The highest BCUT2D eigenvalue weighted by Gasteiger charge is 2.28. The Balaban J connectivity index is 3.24. The summed E-state index contributed by atoms with van der Waals surface area (Å²) in [6, 6.07) is 0. The molecule has 0 spiro atoms. The van der Waals surface area contributed by atoms with Crippen LogP contribution in [0, 0.1) is 17.2 Å². The Bertz CT molecular complexity index is 503. The second-order valence-electron chi connectivity index (χ2n) is 5.76. The van der Waals surface area contributed by atoms with Crippen LogP contribution in [0.25, 0.3) is 0 Å². The van der Waals surface area contributed by atoms with Crippen LogP contribution < -0.4 is 5.73 Å². The zero-order chi connectivity index (χ0) is 16.0. The van der Waals surface area contributed by atoms with Gasteiger partial charge in [0.2, 0.25) is 5.91 Å². The number of amides is 1. The van der Waals surface area contributed by atoms with E-state index in [2.05, 4.69) is 19.9 Å². The Kier molecular flexibility index (Phi) is 6.90. The average Bonchev–Trinajstić information content (AvgIpc) is 2.47. The van der Waals surface area contributed by atoms with Gasteiger partial charge >= 0.3 is 0 Å². The number of nitrogens with two attached hydrogens (primary N) is 1. The minimum Gasteiger partial charge on any atom is -0.366 e. The predicted octanol–water partition coefficient (Wildman–Crippen LogP) is 4.33. The van der Waals surface area contributed by atoms with Crippen molar-refractivity contribution in [3.8, 4) is 0 Å². The van der Waals surface area contributed by atoms with Crippen LogP contribution in [0.1, 0.15) is 46.5 Å². The van der Waals surface area contributed by atoms with Crippen LogP contribution in [0.15, 0.2) is 33.9 Å². The summed E-state index contributed by atoms with van der Waals surface area (Å²) in [5.74, 6) is -0.0911. The molecule has 21 heavy (non-hydrogen) atoms. The van der Waals surface area contributed by atoms with E-state index in [1.165, 1.54) is 23.4 Å². The van der Waals surface area contributed by atoms with Gasteiger partial charge in [0.15, 0.2) is 0 Å². The lowest BCUT2D eigenvalue weighted by Crippen LogP contribution is -2.18. The zero-order valence-corrected chi connectivity index (χ0v) is 13.8. The van der Waals surface area contributed by atoms with Crippen LogP contribution in [0.2, 0.25) is 0 Å². The predicted molar refractivity (Wildman–Crippen MR) is 89.5 cm³/mol. The Morgan fingerprint density at radius 1 is 1.52 bits per heavy atom.